The number of carbonyl (C=O) groups excluding carboxylic acids is 1. The Hall–Kier alpha value is -1.99. The van der Waals surface area contributed by atoms with Crippen LogP contribution in [-0.2, 0) is 10.9 Å². The molecule has 1 spiro atoms. The average molecular weight is 385 g/mol. The van der Waals surface area contributed by atoms with E-state index in [4.69, 9.17) is 4.74 Å². The fraction of sp³-hybridized carbons (Fsp3) is 0.684. The van der Waals surface area contributed by atoms with Crippen LogP contribution in [0.5, 0.6) is 0 Å². The second-order valence-electron chi connectivity index (χ2n) is 8.67. The number of likely N-dealkylation sites (tertiary alicyclic amines) is 1. The summed E-state index contributed by atoms with van der Waals surface area (Å²) in [7, 11) is 0. The van der Waals surface area contributed by atoms with Crippen molar-refractivity contribution in [2.24, 2.45) is 5.41 Å². The van der Waals surface area contributed by atoms with Crippen LogP contribution in [0.1, 0.15) is 45.0 Å². The van der Waals surface area contributed by atoms with Crippen LogP contribution in [0.3, 0.4) is 0 Å². The molecule has 0 radical (unpaired) electrons. The maximum absolute atomic E-state index is 13.1. The Morgan fingerprint density at radius 1 is 1.15 bits per heavy atom. The van der Waals surface area contributed by atoms with Crippen molar-refractivity contribution in [3.05, 3.63) is 23.5 Å². The van der Waals surface area contributed by atoms with Gasteiger partial charge in [0, 0.05) is 43.0 Å². The van der Waals surface area contributed by atoms with E-state index in [0.29, 0.717) is 37.6 Å². The number of hydrogen-bond donors (Lipinski definition) is 0. The Morgan fingerprint density at radius 3 is 2.44 bits per heavy atom. The number of nitrogens with zero attached hydrogens (tertiary/aromatic N) is 3. The van der Waals surface area contributed by atoms with E-state index in [1.54, 1.807) is 17.9 Å². The van der Waals surface area contributed by atoms with Gasteiger partial charge in [-0.25, -0.2) is 9.78 Å². The van der Waals surface area contributed by atoms with Gasteiger partial charge in [-0.05, 0) is 52.7 Å². The first-order chi connectivity index (χ1) is 12.4. The molecule has 1 unspecified atom stereocenters. The van der Waals surface area contributed by atoms with Gasteiger partial charge in [-0.1, -0.05) is 0 Å². The van der Waals surface area contributed by atoms with E-state index in [1.807, 2.05) is 25.7 Å². The van der Waals surface area contributed by atoms with E-state index in [0.717, 1.165) is 18.9 Å². The minimum absolute atomic E-state index is 0.0908. The third-order valence-electron chi connectivity index (χ3n) is 5.12. The molecule has 2 saturated heterocycles. The molecule has 1 aromatic heterocycles. The van der Waals surface area contributed by atoms with Crippen molar-refractivity contribution in [3.8, 4) is 0 Å². The van der Waals surface area contributed by atoms with Crippen LogP contribution in [0.2, 0.25) is 0 Å². The van der Waals surface area contributed by atoms with Crippen LogP contribution in [0.25, 0.3) is 0 Å². The number of aromatic nitrogens is 1. The molecule has 0 bridgehead atoms. The Balaban J connectivity index is 1.71. The van der Waals surface area contributed by atoms with Crippen molar-refractivity contribution in [2.45, 2.75) is 52.3 Å². The lowest BCUT2D eigenvalue weighted by Gasteiger charge is -2.27. The quantitative estimate of drug-likeness (QED) is 0.725. The smallest absolute Gasteiger partial charge is 0.433 e. The summed E-state index contributed by atoms with van der Waals surface area (Å²) in [5.41, 5.74) is -0.603. The Labute approximate surface area is 157 Å². The monoisotopic (exact) mass is 385 g/mol. The van der Waals surface area contributed by atoms with Crippen molar-refractivity contribution in [3.63, 3.8) is 0 Å². The van der Waals surface area contributed by atoms with Gasteiger partial charge in [0.05, 0.1) is 0 Å². The van der Waals surface area contributed by atoms with Gasteiger partial charge < -0.3 is 14.5 Å². The van der Waals surface area contributed by atoms with Crippen LogP contribution in [0.15, 0.2) is 12.1 Å². The molecule has 0 aliphatic carbocycles. The van der Waals surface area contributed by atoms with E-state index in [2.05, 4.69) is 4.98 Å². The standard InChI is InChI=1S/C19H26F3N3O2/c1-13-9-14(10-15(23-13)19(20,21)22)24-7-5-18(11-24)6-8-25(12-18)16(26)27-17(2,3)4/h9-10H,5-8,11-12H2,1-4H3. The van der Waals surface area contributed by atoms with E-state index in [9.17, 15) is 18.0 Å². The fourth-order valence-corrected chi connectivity index (χ4v) is 3.88. The van der Waals surface area contributed by atoms with Gasteiger partial charge in [0.15, 0.2) is 0 Å². The van der Waals surface area contributed by atoms with Crippen LogP contribution in [-0.4, -0.2) is 47.8 Å². The molecule has 1 atom stereocenters. The molecule has 27 heavy (non-hydrogen) atoms. The first-order valence-corrected chi connectivity index (χ1v) is 9.16. The summed E-state index contributed by atoms with van der Waals surface area (Å²) in [6.07, 6.45) is -3.11. The minimum atomic E-state index is -4.46. The lowest BCUT2D eigenvalue weighted by molar-refractivity contribution is -0.141. The predicted molar refractivity (Wildman–Crippen MR) is 95.7 cm³/mol. The second-order valence-corrected chi connectivity index (χ2v) is 8.67. The summed E-state index contributed by atoms with van der Waals surface area (Å²) < 4.78 is 44.6. The van der Waals surface area contributed by atoms with Crippen LogP contribution in [0.4, 0.5) is 23.7 Å². The SMILES string of the molecule is Cc1cc(N2CCC3(CCN(C(=O)OC(C)(C)C)C3)C2)cc(C(F)(F)F)n1. The number of alkyl halides is 3. The summed E-state index contributed by atoms with van der Waals surface area (Å²) in [6.45, 7) is 9.56. The first kappa shape index (κ1) is 19.8. The van der Waals surface area contributed by atoms with Crippen molar-refractivity contribution in [2.75, 3.05) is 31.1 Å². The molecule has 2 fully saturated rings. The lowest BCUT2D eigenvalue weighted by Crippen LogP contribution is -2.37. The molecule has 5 nitrogen and oxygen atoms in total. The molecule has 1 amide bonds. The minimum Gasteiger partial charge on any atom is -0.444 e. The van der Waals surface area contributed by atoms with Crippen molar-refractivity contribution in [1.29, 1.82) is 0 Å². The van der Waals surface area contributed by atoms with Crippen molar-refractivity contribution >= 4 is 11.8 Å². The highest BCUT2D eigenvalue weighted by atomic mass is 19.4. The number of halogens is 3. The Morgan fingerprint density at radius 2 is 1.81 bits per heavy atom. The zero-order valence-corrected chi connectivity index (χ0v) is 16.2. The van der Waals surface area contributed by atoms with Gasteiger partial charge in [0.2, 0.25) is 0 Å². The highest BCUT2D eigenvalue weighted by molar-refractivity contribution is 5.68. The molecule has 0 saturated carbocycles. The molecule has 2 aliphatic rings. The molecule has 2 aliphatic heterocycles. The summed E-state index contributed by atoms with van der Waals surface area (Å²) in [5.74, 6) is 0. The van der Waals surface area contributed by atoms with Crippen LogP contribution in [0, 0.1) is 12.3 Å². The van der Waals surface area contributed by atoms with Gasteiger partial charge in [-0.3, -0.25) is 0 Å². The van der Waals surface area contributed by atoms with Crippen molar-refractivity contribution in [1.82, 2.24) is 9.88 Å². The molecule has 3 heterocycles. The van der Waals surface area contributed by atoms with Crippen LogP contribution >= 0.6 is 0 Å². The topological polar surface area (TPSA) is 45.7 Å². The zero-order chi connectivity index (χ0) is 20.0. The maximum atomic E-state index is 13.1. The normalized spacial score (nSPS) is 23.4. The summed E-state index contributed by atoms with van der Waals surface area (Å²) >= 11 is 0. The summed E-state index contributed by atoms with van der Waals surface area (Å²) in [4.78, 5) is 19.6. The zero-order valence-electron chi connectivity index (χ0n) is 16.2. The Kier molecular flexibility index (Phi) is 4.80. The highest BCUT2D eigenvalue weighted by Gasteiger charge is 2.46. The molecule has 1 aromatic rings. The molecule has 3 rings (SSSR count). The summed E-state index contributed by atoms with van der Waals surface area (Å²) in [5, 5.41) is 0. The van der Waals surface area contributed by atoms with Gasteiger partial charge in [-0.2, -0.15) is 13.2 Å². The van der Waals surface area contributed by atoms with E-state index >= 15 is 0 Å². The number of rotatable bonds is 1. The maximum Gasteiger partial charge on any atom is 0.433 e. The average Bonchev–Trinajstić information content (AvgIpc) is 3.12. The molecule has 8 heteroatoms. The third kappa shape index (κ3) is 4.47. The third-order valence-corrected chi connectivity index (χ3v) is 5.12. The number of pyridine rings is 1. The van der Waals surface area contributed by atoms with Crippen LogP contribution < -0.4 is 4.90 Å². The Bertz CT molecular complexity index is 730. The van der Waals surface area contributed by atoms with Crippen molar-refractivity contribution < 1.29 is 22.7 Å². The van der Waals surface area contributed by atoms with E-state index in [-0.39, 0.29) is 11.5 Å². The van der Waals surface area contributed by atoms with E-state index < -0.39 is 17.5 Å². The molecular weight excluding hydrogens is 359 g/mol. The first-order valence-electron chi connectivity index (χ1n) is 9.16. The van der Waals surface area contributed by atoms with E-state index in [1.165, 1.54) is 0 Å². The number of ether oxygens (including phenoxy) is 1. The number of anilines is 1. The van der Waals surface area contributed by atoms with Gasteiger partial charge in [0.25, 0.3) is 0 Å². The molecular formula is C19H26F3N3O2. The lowest BCUT2D eigenvalue weighted by atomic mass is 9.86. The predicted octanol–water partition coefficient (Wildman–Crippen LogP) is 4.25. The fourth-order valence-electron chi connectivity index (χ4n) is 3.88. The highest BCUT2D eigenvalue weighted by Crippen LogP contribution is 2.42. The van der Waals surface area contributed by atoms with Gasteiger partial charge in [-0.15, -0.1) is 0 Å². The molecule has 0 aromatic carbocycles. The summed E-state index contributed by atoms with van der Waals surface area (Å²) in [6, 6.07) is 2.81. The van der Waals surface area contributed by atoms with Gasteiger partial charge in [0.1, 0.15) is 11.3 Å². The van der Waals surface area contributed by atoms with Gasteiger partial charge >= 0.3 is 12.3 Å². The molecule has 0 N–H and O–H groups in total. The number of hydrogen-bond acceptors (Lipinski definition) is 4. The number of amides is 1. The largest absolute Gasteiger partial charge is 0.444 e. The number of carbonyl (C=O) groups is 1. The number of aryl methyl sites for hydroxylation is 1. The second kappa shape index (κ2) is 6.56. The molecule has 150 valence electrons.